The molecule has 8 nitrogen and oxygen atoms in total. The summed E-state index contributed by atoms with van der Waals surface area (Å²) >= 11 is 0. The maximum atomic E-state index is 12.8. The Morgan fingerprint density at radius 1 is 0.857 bits per heavy atom. The number of rotatable bonds is 9. The summed E-state index contributed by atoms with van der Waals surface area (Å²) < 4.78 is 5.57. The van der Waals surface area contributed by atoms with E-state index in [1.54, 1.807) is 30.3 Å². The smallest absolute Gasteiger partial charge is 0.408 e. The fraction of sp³-hybridized carbons (Fsp3) is 0.222. The normalized spacial score (nSPS) is 13.7. The van der Waals surface area contributed by atoms with E-state index in [1.807, 2.05) is 48.5 Å². The highest BCUT2D eigenvalue weighted by molar-refractivity contribution is 5.87. The summed E-state index contributed by atoms with van der Waals surface area (Å²) in [6.45, 7) is 0.0375. The highest BCUT2D eigenvalue weighted by Crippen LogP contribution is 2.44. The number of hydrogen-bond donors (Lipinski definition) is 4. The molecule has 180 valence electrons. The number of aliphatic hydroxyl groups excluding tert-OH is 1. The number of carboxylic acid groups (broad SMARTS) is 1. The zero-order chi connectivity index (χ0) is 24.8. The van der Waals surface area contributed by atoms with E-state index in [9.17, 15) is 19.5 Å². The van der Waals surface area contributed by atoms with E-state index in [2.05, 4.69) is 10.6 Å². The fourth-order valence-electron chi connectivity index (χ4n) is 4.26. The summed E-state index contributed by atoms with van der Waals surface area (Å²) in [6.07, 6.45) is -2.49. The molecule has 0 heterocycles. The van der Waals surface area contributed by atoms with Gasteiger partial charge in [-0.15, -0.1) is 0 Å². The van der Waals surface area contributed by atoms with Crippen molar-refractivity contribution in [3.63, 3.8) is 0 Å². The van der Waals surface area contributed by atoms with Gasteiger partial charge in [0.05, 0.1) is 0 Å². The standard InChI is InChI=1S/C27H26N2O6/c30-23(26(32)33)14-15-28-25(31)24(17-8-2-1-3-9-17)29-27(34)35-16-22-20-12-6-4-10-18(20)19-11-5-7-13-21(19)22/h1-13,22-24,30H,14-16H2,(H,28,31)(H,29,34)(H,32,33)/t23?,24-/m1/s1. The Hall–Kier alpha value is -4.17. The monoisotopic (exact) mass is 474 g/mol. The second-order valence-corrected chi connectivity index (χ2v) is 8.25. The predicted molar refractivity (Wildman–Crippen MR) is 129 cm³/mol. The van der Waals surface area contributed by atoms with Gasteiger partial charge in [0.15, 0.2) is 6.10 Å². The summed E-state index contributed by atoms with van der Waals surface area (Å²) in [5, 5.41) is 23.4. The van der Waals surface area contributed by atoms with Gasteiger partial charge in [-0.05, 0) is 27.8 Å². The second kappa shape index (κ2) is 10.8. The molecule has 4 rings (SSSR count). The molecule has 0 saturated carbocycles. The van der Waals surface area contributed by atoms with Crippen LogP contribution in [0.1, 0.15) is 35.1 Å². The number of alkyl carbamates (subject to hydrolysis) is 1. The molecule has 4 N–H and O–H groups in total. The molecule has 2 atom stereocenters. The van der Waals surface area contributed by atoms with Gasteiger partial charge in [-0.2, -0.15) is 0 Å². The maximum absolute atomic E-state index is 12.8. The number of fused-ring (bicyclic) bond motifs is 3. The first-order valence-corrected chi connectivity index (χ1v) is 11.3. The van der Waals surface area contributed by atoms with Crippen LogP contribution in [0.2, 0.25) is 0 Å². The van der Waals surface area contributed by atoms with Crippen molar-refractivity contribution < 1.29 is 29.3 Å². The van der Waals surface area contributed by atoms with Crippen molar-refractivity contribution >= 4 is 18.0 Å². The van der Waals surface area contributed by atoms with Gasteiger partial charge in [0, 0.05) is 18.9 Å². The molecule has 1 aliphatic rings. The number of carbonyl (C=O) groups excluding carboxylic acids is 2. The summed E-state index contributed by atoms with van der Waals surface area (Å²) in [5.41, 5.74) is 4.92. The van der Waals surface area contributed by atoms with Gasteiger partial charge in [0.2, 0.25) is 5.91 Å². The molecule has 1 aliphatic carbocycles. The van der Waals surface area contributed by atoms with Crippen LogP contribution in [0.4, 0.5) is 4.79 Å². The molecule has 0 aromatic heterocycles. The molecular weight excluding hydrogens is 448 g/mol. The molecule has 0 radical (unpaired) electrons. The molecule has 3 aromatic rings. The van der Waals surface area contributed by atoms with Crippen LogP contribution in [0.5, 0.6) is 0 Å². The zero-order valence-corrected chi connectivity index (χ0v) is 18.9. The van der Waals surface area contributed by atoms with E-state index < -0.39 is 30.1 Å². The minimum atomic E-state index is -1.58. The highest BCUT2D eigenvalue weighted by atomic mass is 16.5. The number of hydrogen-bond acceptors (Lipinski definition) is 5. The number of benzene rings is 3. The summed E-state index contributed by atoms with van der Waals surface area (Å²) in [5.74, 6) is -2.02. The second-order valence-electron chi connectivity index (χ2n) is 8.25. The zero-order valence-electron chi connectivity index (χ0n) is 18.9. The first kappa shape index (κ1) is 24.0. The number of nitrogens with one attached hydrogen (secondary N) is 2. The van der Waals surface area contributed by atoms with Gasteiger partial charge in [0.1, 0.15) is 12.6 Å². The third kappa shape index (κ3) is 5.50. The van der Waals surface area contributed by atoms with Crippen LogP contribution in [-0.2, 0) is 14.3 Å². The average Bonchev–Trinajstić information content (AvgIpc) is 3.20. The lowest BCUT2D eigenvalue weighted by Crippen LogP contribution is -2.42. The van der Waals surface area contributed by atoms with Crippen molar-refractivity contribution in [2.24, 2.45) is 0 Å². The van der Waals surface area contributed by atoms with E-state index >= 15 is 0 Å². The van der Waals surface area contributed by atoms with Crippen LogP contribution in [0, 0.1) is 0 Å². The third-order valence-corrected chi connectivity index (χ3v) is 6.00. The molecule has 0 spiro atoms. The lowest BCUT2D eigenvalue weighted by molar-refractivity contribution is -0.147. The van der Waals surface area contributed by atoms with E-state index in [0.29, 0.717) is 5.56 Å². The van der Waals surface area contributed by atoms with Crippen molar-refractivity contribution in [2.45, 2.75) is 24.5 Å². The van der Waals surface area contributed by atoms with Crippen molar-refractivity contribution in [2.75, 3.05) is 13.2 Å². The predicted octanol–water partition coefficient (Wildman–Crippen LogP) is 3.22. The SMILES string of the molecule is O=C(N[C@@H](C(=O)NCCC(O)C(=O)O)c1ccccc1)OCC1c2ccccc2-c2ccccc21. The molecule has 1 unspecified atom stereocenters. The molecule has 8 heteroatoms. The Bertz CT molecular complexity index is 1170. The number of amides is 2. The lowest BCUT2D eigenvalue weighted by Gasteiger charge is -2.20. The third-order valence-electron chi connectivity index (χ3n) is 6.00. The van der Waals surface area contributed by atoms with Crippen molar-refractivity contribution in [3.8, 4) is 11.1 Å². The van der Waals surface area contributed by atoms with Crippen LogP contribution in [0.3, 0.4) is 0 Å². The van der Waals surface area contributed by atoms with Crippen LogP contribution in [0.25, 0.3) is 11.1 Å². The lowest BCUT2D eigenvalue weighted by atomic mass is 9.98. The molecule has 0 saturated heterocycles. The summed E-state index contributed by atoms with van der Waals surface area (Å²) in [4.78, 5) is 36.3. The van der Waals surface area contributed by atoms with Gasteiger partial charge in [-0.3, -0.25) is 4.79 Å². The van der Waals surface area contributed by atoms with E-state index in [1.165, 1.54) is 0 Å². The number of ether oxygens (including phenoxy) is 1. The van der Waals surface area contributed by atoms with Gasteiger partial charge in [-0.25, -0.2) is 9.59 Å². The Labute approximate surface area is 202 Å². The van der Waals surface area contributed by atoms with E-state index in [4.69, 9.17) is 9.84 Å². The first-order chi connectivity index (χ1) is 17.0. The highest BCUT2D eigenvalue weighted by Gasteiger charge is 2.30. The molecular formula is C27H26N2O6. The topological polar surface area (TPSA) is 125 Å². The summed E-state index contributed by atoms with van der Waals surface area (Å²) in [6, 6.07) is 23.6. The molecule has 0 fully saturated rings. The Morgan fingerprint density at radius 2 is 1.43 bits per heavy atom. The minimum absolute atomic E-state index is 0.0675. The van der Waals surface area contributed by atoms with Crippen LogP contribution in [0.15, 0.2) is 78.9 Å². The first-order valence-electron chi connectivity index (χ1n) is 11.3. The van der Waals surface area contributed by atoms with Gasteiger partial charge in [-0.1, -0.05) is 78.9 Å². The molecule has 0 aliphatic heterocycles. The van der Waals surface area contributed by atoms with E-state index in [-0.39, 0.29) is 25.5 Å². The maximum Gasteiger partial charge on any atom is 0.408 e. The average molecular weight is 475 g/mol. The Morgan fingerprint density at radius 3 is 2.03 bits per heavy atom. The Kier molecular flexibility index (Phi) is 7.42. The fourth-order valence-corrected chi connectivity index (χ4v) is 4.26. The summed E-state index contributed by atoms with van der Waals surface area (Å²) in [7, 11) is 0. The number of carboxylic acids is 1. The molecule has 35 heavy (non-hydrogen) atoms. The molecule has 0 bridgehead atoms. The van der Waals surface area contributed by atoms with Crippen molar-refractivity contribution in [1.82, 2.24) is 10.6 Å². The van der Waals surface area contributed by atoms with Gasteiger partial charge < -0.3 is 25.6 Å². The van der Waals surface area contributed by atoms with Crippen LogP contribution < -0.4 is 10.6 Å². The number of aliphatic hydroxyl groups is 1. The van der Waals surface area contributed by atoms with Gasteiger partial charge >= 0.3 is 12.1 Å². The van der Waals surface area contributed by atoms with E-state index in [0.717, 1.165) is 22.3 Å². The largest absolute Gasteiger partial charge is 0.479 e. The van der Waals surface area contributed by atoms with Crippen LogP contribution >= 0.6 is 0 Å². The number of aliphatic carboxylic acids is 1. The number of carbonyl (C=O) groups is 3. The van der Waals surface area contributed by atoms with Crippen molar-refractivity contribution in [3.05, 3.63) is 95.6 Å². The quantitative estimate of drug-likeness (QED) is 0.377. The molecule has 3 aromatic carbocycles. The Balaban J connectivity index is 1.42. The molecule has 2 amide bonds. The van der Waals surface area contributed by atoms with Crippen molar-refractivity contribution in [1.29, 1.82) is 0 Å². The van der Waals surface area contributed by atoms with Crippen LogP contribution in [-0.4, -0.2) is 47.4 Å². The van der Waals surface area contributed by atoms with Gasteiger partial charge in [0.25, 0.3) is 0 Å². The minimum Gasteiger partial charge on any atom is -0.479 e.